The van der Waals surface area contributed by atoms with Crippen LogP contribution in [0.2, 0.25) is 0 Å². The van der Waals surface area contributed by atoms with E-state index in [0.29, 0.717) is 18.8 Å². The van der Waals surface area contributed by atoms with Gasteiger partial charge in [-0.05, 0) is 36.6 Å². The first-order valence-corrected chi connectivity index (χ1v) is 10.5. The molecule has 2 saturated heterocycles. The molecule has 0 unspecified atom stereocenters. The lowest BCUT2D eigenvalue weighted by atomic mass is 10.2. The summed E-state index contributed by atoms with van der Waals surface area (Å²) in [6.45, 7) is 4.49. The van der Waals surface area contributed by atoms with Crippen molar-refractivity contribution in [2.45, 2.75) is 38.7 Å². The fourth-order valence-electron chi connectivity index (χ4n) is 3.27. The second kappa shape index (κ2) is 8.76. The number of hydrogen-bond donors (Lipinski definition) is 2. The predicted octanol–water partition coefficient (Wildman–Crippen LogP) is 2.46. The molecule has 12 heteroatoms. The van der Waals surface area contributed by atoms with Crippen molar-refractivity contribution < 1.29 is 35.7 Å². The van der Waals surface area contributed by atoms with Crippen molar-refractivity contribution in [3.63, 3.8) is 0 Å². The van der Waals surface area contributed by atoms with E-state index in [9.17, 15) is 26.4 Å². The molecule has 3 N–H and O–H groups in total. The van der Waals surface area contributed by atoms with Crippen LogP contribution >= 0.6 is 0 Å². The standard InChI is InChI=1S/C13H14F3N3O2.C4H10O3S/c14-13(15,16)21-11-3-1-9(2-4-11)19-7-10-5-8(17)6-18(10)12(19)20;1-4(2)3-8(5,6)7/h1-4,8,10H,5-7,17H2;4H,3H2,1-2H3,(H,5,6,7)/t8-,10-;/m0./s1. The van der Waals surface area contributed by atoms with Gasteiger partial charge in [-0.1, -0.05) is 13.8 Å². The van der Waals surface area contributed by atoms with E-state index in [1.807, 2.05) is 0 Å². The lowest BCUT2D eigenvalue weighted by Gasteiger charge is -2.18. The fourth-order valence-corrected chi connectivity index (χ4v) is 4.11. The molecule has 2 fully saturated rings. The first-order chi connectivity index (χ1) is 13.2. The maximum Gasteiger partial charge on any atom is 0.573 e. The molecule has 0 spiro atoms. The molecule has 2 amide bonds. The minimum Gasteiger partial charge on any atom is -0.406 e. The van der Waals surface area contributed by atoms with Crippen LogP contribution in [-0.4, -0.2) is 61.2 Å². The highest BCUT2D eigenvalue weighted by molar-refractivity contribution is 7.85. The summed E-state index contributed by atoms with van der Waals surface area (Å²) in [6.07, 6.45) is -3.97. The molecule has 2 aliphatic rings. The zero-order valence-corrected chi connectivity index (χ0v) is 16.8. The van der Waals surface area contributed by atoms with Gasteiger partial charge in [0.05, 0.1) is 11.8 Å². The molecule has 8 nitrogen and oxygen atoms in total. The zero-order valence-electron chi connectivity index (χ0n) is 16.0. The van der Waals surface area contributed by atoms with Crippen molar-refractivity contribution in [3.8, 4) is 5.75 Å². The number of hydrogen-bond acceptors (Lipinski definition) is 5. The van der Waals surface area contributed by atoms with Crippen molar-refractivity contribution in [1.82, 2.24) is 4.90 Å². The summed E-state index contributed by atoms with van der Waals surface area (Å²) < 4.78 is 68.2. The average Bonchev–Trinajstić information content (AvgIpc) is 3.03. The third kappa shape index (κ3) is 7.05. The number of benzene rings is 1. The Hall–Kier alpha value is -2.05. The van der Waals surface area contributed by atoms with Gasteiger partial charge in [0.15, 0.2) is 0 Å². The first kappa shape index (κ1) is 23.2. The topological polar surface area (TPSA) is 113 Å². The van der Waals surface area contributed by atoms with E-state index < -0.39 is 16.5 Å². The van der Waals surface area contributed by atoms with Crippen LogP contribution in [0.1, 0.15) is 20.3 Å². The molecule has 3 rings (SSSR count). The van der Waals surface area contributed by atoms with Gasteiger partial charge in [-0.3, -0.25) is 9.45 Å². The molecule has 164 valence electrons. The molecule has 29 heavy (non-hydrogen) atoms. The number of fused-ring (bicyclic) bond motifs is 1. The quantitative estimate of drug-likeness (QED) is 0.697. The fraction of sp³-hybridized carbons (Fsp3) is 0.588. The van der Waals surface area contributed by atoms with Crippen LogP contribution in [0.5, 0.6) is 5.75 Å². The number of ether oxygens (including phenoxy) is 1. The summed E-state index contributed by atoms with van der Waals surface area (Å²) in [5.74, 6) is -0.446. The molecule has 2 heterocycles. The lowest BCUT2D eigenvalue weighted by Crippen LogP contribution is -2.35. The smallest absolute Gasteiger partial charge is 0.406 e. The van der Waals surface area contributed by atoms with Crippen LogP contribution in [0.25, 0.3) is 0 Å². The van der Waals surface area contributed by atoms with Gasteiger partial charge in [0.1, 0.15) is 5.75 Å². The molecule has 1 aromatic rings. The minimum atomic E-state index is -4.72. The Balaban J connectivity index is 0.000000321. The van der Waals surface area contributed by atoms with Crippen LogP contribution in [0, 0.1) is 5.92 Å². The highest BCUT2D eigenvalue weighted by Gasteiger charge is 2.43. The van der Waals surface area contributed by atoms with Gasteiger partial charge in [0.2, 0.25) is 0 Å². The summed E-state index contributed by atoms with van der Waals surface area (Å²) in [5.41, 5.74) is 6.37. The number of nitrogens with zero attached hydrogens (tertiary/aromatic N) is 2. The van der Waals surface area contributed by atoms with Gasteiger partial charge < -0.3 is 15.4 Å². The Morgan fingerprint density at radius 3 is 2.24 bits per heavy atom. The van der Waals surface area contributed by atoms with Crippen LogP contribution < -0.4 is 15.4 Å². The van der Waals surface area contributed by atoms with E-state index in [4.69, 9.17) is 10.3 Å². The summed E-state index contributed by atoms with van der Waals surface area (Å²) in [4.78, 5) is 15.5. The van der Waals surface area contributed by atoms with Crippen LogP contribution in [0.4, 0.5) is 23.7 Å². The Bertz CT molecular complexity index is 815. The van der Waals surface area contributed by atoms with Gasteiger partial charge in [-0.25, -0.2) is 4.79 Å². The number of halogens is 3. The molecule has 0 bridgehead atoms. The van der Waals surface area contributed by atoms with Crippen LogP contribution in [0.3, 0.4) is 0 Å². The van der Waals surface area contributed by atoms with Crippen molar-refractivity contribution in [3.05, 3.63) is 24.3 Å². The summed E-state index contributed by atoms with van der Waals surface area (Å²) >= 11 is 0. The number of anilines is 1. The second-order valence-electron chi connectivity index (χ2n) is 7.38. The average molecular weight is 439 g/mol. The predicted molar refractivity (Wildman–Crippen MR) is 100 cm³/mol. The van der Waals surface area contributed by atoms with E-state index >= 15 is 0 Å². The van der Waals surface area contributed by atoms with E-state index in [1.165, 1.54) is 24.3 Å². The Morgan fingerprint density at radius 2 is 1.83 bits per heavy atom. The van der Waals surface area contributed by atoms with E-state index in [-0.39, 0.29) is 35.5 Å². The van der Waals surface area contributed by atoms with Crippen molar-refractivity contribution >= 4 is 21.8 Å². The number of nitrogens with two attached hydrogens (primary N) is 1. The first-order valence-electron chi connectivity index (χ1n) is 8.90. The van der Waals surface area contributed by atoms with E-state index in [0.717, 1.165) is 6.42 Å². The van der Waals surface area contributed by atoms with Gasteiger partial charge in [-0.2, -0.15) is 8.42 Å². The lowest BCUT2D eigenvalue weighted by molar-refractivity contribution is -0.274. The van der Waals surface area contributed by atoms with Gasteiger partial charge >= 0.3 is 12.4 Å². The van der Waals surface area contributed by atoms with Gasteiger partial charge in [0, 0.05) is 24.8 Å². The molecule has 0 aromatic heterocycles. The third-order valence-electron chi connectivity index (χ3n) is 4.24. The van der Waals surface area contributed by atoms with Crippen molar-refractivity contribution in [2.24, 2.45) is 11.7 Å². The van der Waals surface area contributed by atoms with Crippen molar-refractivity contribution in [1.29, 1.82) is 0 Å². The van der Waals surface area contributed by atoms with Gasteiger partial charge in [-0.15, -0.1) is 13.2 Å². The minimum absolute atomic E-state index is 0.00339. The molecular formula is C17H24F3N3O5S. The summed E-state index contributed by atoms with van der Waals surface area (Å²) in [7, 11) is -3.72. The van der Waals surface area contributed by atoms with Crippen LogP contribution in [0.15, 0.2) is 24.3 Å². The van der Waals surface area contributed by atoms with Crippen molar-refractivity contribution in [2.75, 3.05) is 23.7 Å². The Kier molecular flexibility index (Phi) is 7.01. The van der Waals surface area contributed by atoms with E-state index in [2.05, 4.69) is 4.74 Å². The number of carbonyl (C=O) groups excluding carboxylic acids is 1. The number of alkyl halides is 3. The zero-order chi connectivity index (χ0) is 22.0. The van der Waals surface area contributed by atoms with Crippen LogP contribution in [-0.2, 0) is 10.1 Å². The highest BCUT2D eigenvalue weighted by atomic mass is 32.2. The summed E-state index contributed by atoms with van der Waals surface area (Å²) in [6, 6.07) is 5.22. The molecular weight excluding hydrogens is 415 g/mol. The number of rotatable bonds is 4. The number of urea groups is 1. The highest BCUT2D eigenvalue weighted by Crippen LogP contribution is 2.31. The maximum atomic E-state index is 12.2. The van der Waals surface area contributed by atoms with Gasteiger partial charge in [0.25, 0.3) is 10.1 Å². The normalized spacial score (nSPS) is 21.9. The number of amides is 2. The Labute approximate surface area is 167 Å². The largest absolute Gasteiger partial charge is 0.573 e. The molecule has 0 saturated carbocycles. The monoisotopic (exact) mass is 439 g/mol. The number of carbonyl (C=O) groups is 1. The molecule has 0 radical (unpaired) electrons. The molecule has 1 aromatic carbocycles. The molecule has 0 aliphatic carbocycles. The second-order valence-corrected chi connectivity index (χ2v) is 8.88. The maximum absolute atomic E-state index is 12.2. The summed E-state index contributed by atoms with van der Waals surface area (Å²) in [5, 5.41) is 0. The SMILES string of the molecule is CC(C)CS(=O)(=O)O.N[C@H]1C[C@H]2CN(c3ccc(OC(F)(F)F)cc3)C(=O)N2C1. The molecule has 2 aliphatic heterocycles. The third-order valence-corrected chi connectivity index (χ3v) is 5.33. The molecule has 2 atom stereocenters. The Morgan fingerprint density at radius 1 is 1.24 bits per heavy atom. The van der Waals surface area contributed by atoms with E-state index in [1.54, 1.807) is 23.6 Å².